The molecule has 1 aliphatic rings. The summed E-state index contributed by atoms with van der Waals surface area (Å²) in [5, 5.41) is 0.721. The van der Waals surface area contributed by atoms with Crippen LogP contribution in [0.1, 0.15) is 5.69 Å². The smallest absolute Gasteiger partial charge is 0.246 e. The van der Waals surface area contributed by atoms with Crippen LogP contribution in [0.2, 0.25) is 0 Å². The average Bonchev–Trinajstić information content (AvgIpc) is 2.61. The lowest BCUT2D eigenvalue weighted by Gasteiger charge is -2.35. The Labute approximate surface area is 145 Å². The predicted molar refractivity (Wildman–Crippen MR) is 93.9 cm³/mol. The minimum absolute atomic E-state index is 0.0245. The predicted octanol–water partition coefficient (Wildman–Crippen LogP) is 1.76. The Kier molecular flexibility index (Phi) is 4.84. The van der Waals surface area contributed by atoms with Crippen molar-refractivity contribution in [2.45, 2.75) is 12.1 Å². The normalized spacial score (nSPS) is 14.9. The van der Waals surface area contributed by atoms with Crippen molar-refractivity contribution in [3.63, 3.8) is 0 Å². The maximum Gasteiger partial charge on any atom is 0.246 e. The molecule has 0 spiro atoms. The lowest BCUT2D eigenvalue weighted by molar-refractivity contribution is -0.117. The first-order valence-electron chi connectivity index (χ1n) is 7.55. The van der Waals surface area contributed by atoms with Gasteiger partial charge in [-0.25, -0.2) is 15.0 Å². The van der Waals surface area contributed by atoms with Crippen LogP contribution in [0.15, 0.2) is 29.6 Å². The molecule has 0 N–H and O–H groups in total. The van der Waals surface area contributed by atoms with E-state index in [1.54, 1.807) is 24.3 Å². The zero-order chi connectivity index (χ0) is 17.1. The number of methoxy groups -OCH3 is 1. The van der Waals surface area contributed by atoms with Gasteiger partial charge in [0.25, 0.3) is 0 Å². The summed E-state index contributed by atoms with van der Waals surface area (Å²) in [4.78, 5) is 29.3. The molecule has 0 bridgehead atoms. The molecule has 3 heterocycles. The van der Waals surface area contributed by atoms with Gasteiger partial charge in [0.1, 0.15) is 5.82 Å². The van der Waals surface area contributed by atoms with Gasteiger partial charge in [0.15, 0.2) is 5.16 Å². The second-order valence-corrected chi connectivity index (χ2v) is 6.15. The summed E-state index contributed by atoms with van der Waals surface area (Å²) in [6, 6.07) is 5.50. The highest BCUT2D eigenvalue weighted by Gasteiger charge is 2.26. The van der Waals surface area contributed by atoms with E-state index in [1.807, 2.05) is 30.2 Å². The topological polar surface area (TPSA) is 71.5 Å². The molecule has 1 fully saturated rings. The molecule has 0 atom stereocenters. The third kappa shape index (κ3) is 3.43. The van der Waals surface area contributed by atoms with Crippen LogP contribution in [0, 0.1) is 6.92 Å². The third-order valence-corrected chi connectivity index (χ3v) is 4.33. The van der Waals surface area contributed by atoms with E-state index < -0.39 is 0 Å². The zero-order valence-electron chi connectivity index (χ0n) is 13.9. The zero-order valence-corrected chi connectivity index (χ0v) is 14.7. The van der Waals surface area contributed by atoms with E-state index in [0.29, 0.717) is 19.0 Å². The van der Waals surface area contributed by atoms with Crippen molar-refractivity contribution < 1.29 is 9.53 Å². The van der Waals surface area contributed by atoms with E-state index in [9.17, 15) is 4.79 Å². The van der Waals surface area contributed by atoms with Gasteiger partial charge in [-0.1, -0.05) is 11.8 Å². The Bertz CT molecular complexity index is 755. The first-order chi connectivity index (χ1) is 11.6. The van der Waals surface area contributed by atoms with Gasteiger partial charge in [0.2, 0.25) is 11.8 Å². The van der Waals surface area contributed by atoms with E-state index in [1.165, 1.54) is 11.8 Å². The number of nitrogens with zero attached hydrogens (tertiary/aromatic N) is 5. The number of aryl methyl sites for hydroxylation is 1. The van der Waals surface area contributed by atoms with Gasteiger partial charge in [-0.3, -0.25) is 4.79 Å². The number of anilines is 2. The van der Waals surface area contributed by atoms with Crippen LogP contribution in [-0.2, 0) is 4.79 Å². The quantitative estimate of drug-likeness (QED) is 0.618. The molecule has 3 rings (SSSR count). The highest BCUT2D eigenvalue weighted by atomic mass is 32.2. The molecule has 2 aromatic heterocycles. The van der Waals surface area contributed by atoms with E-state index in [2.05, 4.69) is 15.0 Å². The number of hydrogen-bond acceptors (Lipinski definition) is 7. The van der Waals surface area contributed by atoms with E-state index >= 15 is 0 Å². The maximum absolute atomic E-state index is 12.6. The van der Waals surface area contributed by atoms with E-state index in [-0.39, 0.29) is 12.5 Å². The Morgan fingerprint density at radius 2 is 2.08 bits per heavy atom. The van der Waals surface area contributed by atoms with Crippen molar-refractivity contribution in [2.24, 2.45) is 0 Å². The molecule has 1 saturated heterocycles. The van der Waals surface area contributed by atoms with Crippen LogP contribution in [0.3, 0.4) is 0 Å². The molecule has 7 nitrogen and oxygen atoms in total. The number of ether oxygens (including phenoxy) is 1. The van der Waals surface area contributed by atoms with Gasteiger partial charge >= 0.3 is 0 Å². The summed E-state index contributed by atoms with van der Waals surface area (Å²) in [6.45, 7) is 3.52. The minimum atomic E-state index is 0.0245. The molecule has 0 radical (unpaired) electrons. The van der Waals surface area contributed by atoms with Gasteiger partial charge in [-0.2, -0.15) is 0 Å². The van der Waals surface area contributed by atoms with Crippen molar-refractivity contribution in [2.75, 3.05) is 42.8 Å². The number of rotatable bonds is 4. The maximum atomic E-state index is 12.6. The first kappa shape index (κ1) is 16.5. The first-order valence-corrected chi connectivity index (χ1v) is 8.78. The fourth-order valence-corrected chi connectivity index (χ4v) is 3.02. The van der Waals surface area contributed by atoms with E-state index in [4.69, 9.17) is 4.74 Å². The fraction of sp³-hybridized carbons (Fsp3) is 0.375. The number of hydrogen-bond donors (Lipinski definition) is 0. The molecule has 0 aromatic carbocycles. The molecular formula is C16H19N5O2S. The van der Waals surface area contributed by atoms with Crippen molar-refractivity contribution in [1.82, 2.24) is 15.0 Å². The molecule has 0 aliphatic carbocycles. The lowest BCUT2D eigenvalue weighted by atomic mass is 10.2. The Balaban J connectivity index is 1.78. The number of carbonyl (C=O) groups is 1. The average molecular weight is 345 g/mol. The summed E-state index contributed by atoms with van der Waals surface area (Å²) < 4.78 is 5.13. The number of amides is 1. The molecule has 8 heteroatoms. The van der Waals surface area contributed by atoms with Crippen molar-refractivity contribution in [3.05, 3.63) is 30.1 Å². The molecule has 2 aromatic rings. The van der Waals surface area contributed by atoms with Crippen molar-refractivity contribution in [3.8, 4) is 5.88 Å². The molecular weight excluding hydrogens is 326 g/mol. The molecule has 1 amide bonds. The molecule has 0 saturated carbocycles. The Morgan fingerprint density at radius 1 is 1.25 bits per heavy atom. The lowest BCUT2D eigenvalue weighted by Crippen LogP contribution is -2.51. The second-order valence-electron chi connectivity index (χ2n) is 5.38. The summed E-state index contributed by atoms with van der Waals surface area (Å²) in [5.41, 5.74) is 1.70. The third-order valence-electron chi connectivity index (χ3n) is 3.79. The van der Waals surface area contributed by atoms with Crippen LogP contribution >= 0.6 is 11.8 Å². The van der Waals surface area contributed by atoms with Gasteiger partial charge in [0.05, 0.1) is 19.3 Å². The number of carbonyl (C=O) groups excluding carboxylic acids is 1. The monoisotopic (exact) mass is 345 g/mol. The Hall–Kier alpha value is -2.35. The van der Waals surface area contributed by atoms with Crippen LogP contribution in [0.5, 0.6) is 5.88 Å². The standard InChI is InChI=1S/C16H19N5O2S/c1-11-8-13(19-16(18-11)24-3)20-6-7-21(15(22)10-20)12-4-5-17-14(9-12)23-2/h4-5,8-9H,6-7,10H2,1-3H3. The van der Waals surface area contributed by atoms with Crippen LogP contribution in [-0.4, -0.2) is 53.9 Å². The van der Waals surface area contributed by atoms with Gasteiger partial charge in [0, 0.05) is 37.1 Å². The summed E-state index contributed by atoms with van der Waals surface area (Å²) in [5.74, 6) is 1.32. The van der Waals surface area contributed by atoms with Gasteiger partial charge < -0.3 is 14.5 Å². The summed E-state index contributed by atoms with van der Waals surface area (Å²) in [7, 11) is 1.56. The largest absolute Gasteiger partial charge is 0.481 e. The Morgan fingerprint density at radius 3 is 2.79 bits per heavy atom. The highest BCUT2D eigenvalue weighted by molar-refractivity contribution is 7.98. The summed E-state index contributed by atoms with van der Waals surface area (Å²) in [6.07, 6.45) is 3.59. The summed E-state index contributed by atoms with van der Waals surface area (Å²) >= 11 is 1.50. The fourth-order valence-electron chi connectivity index (χ4n) is 2.60. The van der Waals surface area contributed by atoms with Gasteiger partial charge in [-0.15, -0.1) is 0 Å². The van der Waals surface area contributed by atoms with Crippen LogP contribution < -0.4 is 14.5 Å². The van der Waals surface area contributed by atoms with Crippen LogP contribution in [0.4, 0.5) is 11.5 Å². The minimum Gasteiger partial charge on any atom is -0.481 e. The molecule has 0 unspecified atom stereocenters. The van der Waals surface area contributed by atoms with Crippen LogP contribution in [0.25, 0.3) is 0 Å². The number of thioether (sulfide) groups is 1. The van der Waals surface area contributed by atoms with Crippen molar-refractivity contribution in [1.29, 1.82) is 0 Å². The molecule has 1 aliphatic heterocycles. The second kappa shape index (κ2) is 7.04. The number of piperazine rings is 1. The number of pyridine rings is 1. The van der Waals surface area contributed by atoms with E-state index in [0.717, 1.165) is 22.4 Å². The molecule has 24 heavy (non-hydrogen) atoms. The van der Waals surface area contributed by atoms with Crippen molar-refractivity contribution >= 4 is 29.2 Å². The highest BCUT2D eigenvalue weighted by Crippen LogP contribution is 2.23. The molecule has 126 valence electrons. The number of aromatic nitrogens is 3. The van der Waals surface area contributed by atoms with Gasteiger partial charge in [-0.05, 0) is 19.2 Å². The SMILES string of the molecule is COc1cc(N2CCN(c3cc(C)nc(SC)n3)CC2=O)ccn1.